The first-order valence-corrected chi connectivity index (χ1v) is 9.26. The van der Waals surface area contributed by atoms with E-state index in [1.807, 2.05) is 17.5 Å². The zero-order chi connectivity index (χ0) is 19.4. The van der Waals surface area contributed by atoms with Crippen LogP contribution in [-0.4, -0.2) is 27.3 Å². The number of aromatic amines is 1. The largest absolute Gasteiger partial charge is 0.435 e. The number of carbonyl (C=O) groups is 1. The van der Waals surface area contributed by atoms with Gasteiger partial charge in [0, 0.05) is 6.54 Å². The lowest BCUT2D eigenvalue weighted by Crippen LogP contribution is -2.31. The number of halogens is 2. The first-order valence-electron chi connectivity index (χ1n) is 7.98. The zero-order valence-electron chi connectivity index (χ0n) is 14.2. The maximum atomic E-state index is 12.6. The summed E-state index contributed by atoms with van der Waals surface area (Å²) < 4.78 is 31.0. The van der Waals surface area contributed by atoms with Gasteiger partial charge in [-0.1, -0.05) is 18.2 Å². The van der Waals surface area contributed by atoms with E-state index in [1.54, 1.807) is 23.6 Å². The molecule has 0 spiro atoms. The van der Waals surface area contributed by atoms with Gasteiger partial charge in [0.1, 0.15) is 11.8 Å². The van der Waals surface area contributed by atoms with Crippen molar-refractivity contribution in [2.24, 2.45) is 0 Å². The van der Waals surface area contributed by atoms with E-state index in [0.717, 1.165) is 4.88 Å². The smallest absolute Gasteiger partial charge is 0.387 e. The van der Waals surface area contributed by atoms with E-state index < -0.39 is 12.7 Å². The van der Waals surface area contributed by atoms with Crippen LogP contribution in [0.4, 0.5) is 8.78 Å². The molecule has 0 bridgehead atoms. The topological polar surface area (TPSA) is 71.9 Å². The minimum atomic E-state index is -2.89. The lowest BCUT2D eigenvalue weighted by Gasteiger charge is -2.15. The van der Waals surface area contributed by atoms with E-state index >= 15 is 0 Å². The Labute approximate surface area is 162 Å². The fourth-order valence-corrected chi connectivity index (χ4v) is 3.53. The third-order valence-corrected chi connectivity index (χ3v) is 4.96. The van der Waals surface area contributed by atoms with Gasteiger partial charge in [0.05, 0.1) is 4.88 Å². The molecule has 0 saturated carbocycles. The van der Waals surface area contributed by atoms with Gasteiger partial charge in [-0.2, -0.15) is 13.9 Å². The van der Waals surface area contributed by atoms with Crippen LogP contribution >= 0.6 is 23.6 Å². The zero-order valence-corrected chi connectivity index (χ0v) is 15.8. The second-order valence-corrected chi connectivity index (χ2v) is 6.95. The van der Waals surface area contributed by atoms with E-state index in [1.165, 1.54) is 23.5 Å². The predicted molar refractivity (Wildman–Crippen MR) is 100 cm³/mol. The minimum absolute atomic E-state index is 0.0434. The van der Waals surface area contributed by atoms with Gasteiger partial charge >= 0.3 is 6.61 Å². The molecule has 1 atom stereocenters. The van der Waals surface area contributed by atoms with Gasteiger partial charge in [-0.25, -0.2) is 0 Å². The number of thiophene rings is 1. The standard InChI is InChI=1S/C17H16F2N4O2S2/c1-10(23-14(21-22-17(23)26)13-6-3-7-27-13)15(24)20-9-11-4-2-5-12(8-11)25-16(18)19/h2-8,10,16H,9H2,1H3,(H,20,24)(H,22,26). The van der Waals surface area contributed by atoms with Crippen molar-refractivity contribution in [1.82, 2.24) is 20.1 Å². The maximum Gasteiger partial charge on any atom is 0.387 e. The van der Waals surface area contributed by atoms with Crippen molar-refractivity contribution < 1.29 is 18.3 Å². The number of H-pyrrole nitrogens is 1. The fraction of sp³-hybridized carbons (Fsp3) is 0.235. The van der Waals surface area contributed by atoms with Crippen LogP contribution in [0, 0.1) is 4.77 Å². The summed E-state index contributed by atoms with van der Waals surface area (Å²) in [7, 11) is 0. The van der Waals surface area contributed by atoms with Crippen LogP contribution in [-0.2, 0) is 11.3 Å². The monoisotopic (exact) mass is 410 g/mol. The molecule has 0 radical (unpaired) electrons. The molecular weight excluding hydrogens is 394 g/mol. The molecule has 0 fully saturated rings. The number of nitrogens with one attached hydrogen (secondary N) is 2. The SMILES string of the molecule is CC(C(=O)NCc1cccc(OC(F)F)c1)n1c(-c2cccs2)n[nH]c1=S. The number of nitrogens with zero attached hydrogens (tertiary/aromatic N) is 2. The lowest BCUT2D eigenvalue weighted by atomic mass is 10.2. The highest BCUT2D eigenvalue weighted by Gasteiger charge is 2.21. The summed E-state index contributed by atoms with van der Waals surface area (Å²) in [5.74, 6) is 0.359. The molecule has 2 heterocycles. The molecule has 1 amide bonds. The molecule has 0 aliphatic rings. The summed E-state index contributed by atoms with van der Waals surface area (Å²) in [4.78, 5) is 13.5. The Balaban J connectivity index is 1.71. The normalized spacial score (nSPS) is 12.1. The number of aromatic nitrogens is 3. The van der Waals surface area contributed by atoms with E-state index in [4.69, 9.17) is 12.2 Å². The highest BCUT2D eigenvalue weighted by Crippen LogP contribution is 2.25. The highest BCUT2D eigenvalue weighted by atomic mass is 32.1. The molecule has 1 aromatic carbocycles. The van der Waals surface area contributed by atoms with Gasteiger partial charge in [-0.05, 0) is 48.3 Å². The van der Waals surface area contributed by atoms with Gasteiger partial charge in [0.15, 0.2) is 10.6 Å². The van der Waals surface area contributed by atoms with Gasteiger partial charge in [-0.15, -0.1) is 11.3 Å². The van der Waals surface area contributed by atoms with Crippen molar-refractivity contribution in [1.29, 1.82) is 0 Å². The van der Waals surface area contributed by atoms with E-state index in [2.05, 4.69) is 20.3 Å². The van der Waals surface area contributed by atoms with Crippen LogP contribution in [0.15, 0.2) is 41.8 Å². The molecule has 0 aliphatic heterocycles. The molecule has 6 nitrogen and oxygen atoms in total. The molecule has 27 heavy (non-hydrogen) atoms. The number of alkyl halides is 2. The molecule has 2 N–H and O–H groups in total. The Morgan fingerprint density at radius 2 is 2.22 bits per heavy atom. The number of rotatable bonds is 7. The van der Waals surface area contributed by atoms with E-state index in [0.29, 0.717) is 16.2 Å². The van der Waals surface area contributed by atoms with E-state index in [9.17, 15) is 13.6 Å². The molecule has 3 rings (SSSR count). The van der Waals surface area contributed by atoms with Crippen LogP contribution < -0.4 is 10.1 Å². The molecular formula is C17H16F2N4O2S2. The van der Waals surface area contributed by atoms with Gasteiger partial charge in [-0.3, -0.25) is 14.5 Å². The minimum Gasteiger partial charge on any atom is -0.435 e. The average molecular weight is 410 g/mol. The summed E-state index contributed by atoms with van der Waals surface area (Å²) in [6, 6.07) is 9.37. The van der Waals surface area contributed by atoms with E-state index in [-0.39, 0.29) is 18.2 Å². The lowest BCUT2D eigenvalue weighted by molar-refractivity contribution is -0.124. The first kappa shape index (κ1) is 19.2. The Bertz CT molecular complexity index is 969. The number of hydrogen-bond donors (Lipinski definition) is 2. The third-order valence-electron chi connectivity index (χ3n) is 3.80. The van der Waals surface area contributed by atoms with Crippen molar-refractivity contribution in [2.45, 2.75) is 26.1 Å². The number of ether oxygens (including phenoxy) is 1. The quantitative estimate of drug-likeness (QED) is 0.574. The van der Waals surface area contributed by atoms with Crippen LogP contribution in [0.25, 0.3) is 10.7 Å². The van der Waals surface area contributed by atoms with Crippen LogP contribution in [0.1, 0.15) is 18.5 Å². The summed E-state index contributed by atoms with van der Waals surface area (Å²) in [5.41, 5.74) is 0.642. The van der Waals surface area contributed by atoms with Crippen LogP contribution in [0.3, 0.4) is 0 Å². The van der Waals surface area contributed by atoms with Crippen LogP contribution in [0.2, 0.25) is 0 Å². The number of hydrogen-bond acceptors (Lipinski definition) is 5. The van der Waals surface area contributed by atoms with Gasteiger partial charge in [0.25, 0.3) is 0 Å². The Kier molecular flexibility index (Phi) is 5.97. The molecule has 10 heteroatoms. The molecule has 2 aromatic heterocycles. The second kappa shape index (κ2) is 8.40. The number of benzene rings is 1. The number of carbonyl (C=O) groups excluding carboxylic acids is 1. The molecule has 0 aliphatic carbocycles. The van der Waals surface area contributed by atoms with Crippen LogP contribution in [0.5, 0.6) is 5.75 Å². The van der Waals surface area contributed by atoms with Gasteiger partial charge in [0.2, 0.25) is 5.91 Å². The number of amides is 1. The molecule has 3 aromatic rings. The second-order valence-electron chi connectivity index (χ2n) is 5.62. The molecule has 142 valence electrons. The predicted octanol–water partition coefficient (Wildman–Crippen LogP) is 4.15. The summed E-state index contributed by atoms with van der Waals surface area (Å²) >= 11 is 6.75. The maximum absolute atomic E-state index is 12.6. The Morgan fingerprint density at radius 1 is 1.41 bits per heavy atom. The summed E-state index contributed by atoms with van der Waals surface area (Å²) in [6.45, 7) is -1.01. The van der Waals surface area contributed by atoms with Crippen molar-refractivity contribution >= 4 is 29.5 Å². The molecule has 1 unspecified atom stereocenters. The fourth-order valence-electron chi connectivity index (χ4n) is 2.53. The summed E-state index contributed by atoms with van der Waals surface area (Å²) in [5, 5.41) is 11.6. The highest BCUT2D eigenvalue weighted by molar-refractivity contribution is 7.71. The Hall–Kier alpha value is -2.59. The third kappa shape index (κ3) is 4.58. The van der Waals surface area contributed by atoms with Crippen molar-refractivity contribution in [2.75, 3.05) is 0 Å². The molecule has 0 saturated heterocycles. The van der Waals surface area contributed by atoms with Crippen molar-refractivity contribution in [3.8, 4) is 16.5 Å². The van der Waals surface area contributed by atoms with Gasteiger partial charge < -0.3 is 10.1 Å². The first-order chi connectivity index (χ1) is 13.0. The summed E-state index contributed by atoms with van der Waals surface area (Å²) in [6.07, 6.45) is 0. The van der Waals surface area contributed by atoms with Crippen molar-refractivity contribution in [3.63, 3.8) is 0 Å². The average Bonchev–Trinajstić information content (AvgIpc) is 3.28. The van der Waals surface area contributed by atoms with Crippen molar-refractivity contribution in [3.05, 3.63) is 52.1 Å². The Morgan fingerprint density at radius 3 is 2.93 bits per heavy atom.